The van der Waals surface area contributed by atoms with Crippen LogP contribution in [0, 0.1) is 0 Å². The molecule has 1 unspecified atom stereocenters. The van der Waals surface area contributed by atoms with Crippen molar-refractivity contribution in [3.8, 4) is 0 Å². The second-order valence-electron chi connectivity index (χ2n) is 5.53. The number of carbonyl (C=O) groups excluding carboxylic acids is 2. The Kier molecular flexibility index (Phi) is 9.62. The summed E-state index contributed by atoms with van der Waals surface area (Å²) in [5.41, 5.74) is 1.27. The molecule has 1 N–H and O–H groups in total. The van der Waals surface area contributed by atoms with E-state index in [1.54, 1.807) is 13.8 Å². The SMILES string of the molecule is CCOC(=O)c1c(NC(=O)C(CC)SS(=O)(=O)[O-])sc2c1CCCC2.[Na+]. The average Bonchev–Trinajstić information content (AvgIpc) is 2.89. The van der Waals surface area contributed by atoms with Crippen molar-refractivity contribution in [1.29, 1.82) is 0 Å². The second kappa shape index (κ2) is 10.4. The minimum atomic E-state index is -4.59. The van der Waals surface area contributed by atoms with Gasteiger partial charge in [-0.3, -0.25) is 4.79 Å². The van der Waals surface area contributed by atoms with Crippen molar-refractivity contribution in [1.82, 2.24) is 0 Å². The Morgan fingerprint density at radius 1 is 1.31 bits per heavy atom. The molecule has 0 fully saturated rings. The van der Waals surface area contributed by atoms with Crippen molar-refractivity contribution in [3.05, 3.63) is 16.0 Å². The number of ether oxygens (including phenoxy) is 1. The first-order chi connectivity index (χ1) is 11.8. The number of carbonyl (C=O) groups is 2. The normalized spacial score (nSPS) is 14.7. The Labute approximate surface area is 183 Å². The Balaban J connectivity index is 0.00000338. The summed E-state index contributed by atoms with van der Waals surface area (Å²) in [6, 6.07) is 0. The van der Waals surface area contributed by atoms with Gasteiger partial charge in [-0.2, -0.15) is 0 Å². The van der Waals surface area contributed by atoms with Crippen LogP contribution in [0.15, 0.2) is 0 Å². The first-order valence-electron chi connectivity index (χ1n) is 8.03. The zero-order chi connectivity index (χ0) is 18.6. The molecule has 0 saturated carbocycles. The van der Waals surface area contributed by atoms with Crippen molar-refractivity contribution in [2.45, 2.75) is 51.2 Å². The van der Waals surface area contributed by atoms with Crippen molar-refractivity contribution >= 4 is 48.2 Å². The number of fused-ring (bicyclic) bond motifs is 1. The van der Waals surface area contributed by atoms with Crippen molar-refractivity contribution < 1.29 is 56.9 Å². The molecule has 1 aliphatic rings. The summed E-state index contributed by atoms with van der Waals surface area (Å²) in [7, 11) is -4.51. The molecule has 26 heavy (non-hydrogen) atoms. The van der Waals surface area contributed by atoms with E-state index in [9.17, 15) is 22.6 Å². The fraction of sp³-hybridized carbons (Fsp3) is 0.600. The fourth-order valence-corrected chi connectivity index (χ4v) is 6.08. The molecule has 1 atom stereocenters. The van der Waals surface area contributed by atoms with Gasteiger partial charge in [0.05, 0.1) is 17.4 Å². The van der Waals surface area contributed by atoms with E-state index in [0.717, 1.165) is 36.1 Å². The Morgan fingerprint density at radius 2 is 1.96 bits per heavy atom. The Bertz CT molecular complexity index is 762. The van der Waals surface area contributed by atoms with Gasteiger partial charge in [0, 0.05) is 4.88 Å². The Morgan fingerprint density at radius 3 is 2.54 bits per heavy atom. The molecule has 0 aromatic carbocycles. The Hall–Kier alpha value is -0.100. The van der Waals surface area contributed by atoms with E-state index in [-0.39, 0.29) is 53.4 Å². The summed E-state index contributed by atoms with van der Waals surface area (Å²) >= 11 is 1.32. The first-order valence-corrected chi connectivity index (χ1v) is 11.7. The van der Waals surface area contributed by atoms with Gasteiger partial charge in [-0.15, -0.1) is 11.3 Å². The number of thiophene rings is 1. The van der Waals surface area contributed by atoms with Crippen LogP contribution in [0.3, 0.4) is 0 Å². The van der Waals surface area contributed by atoms with E-state index in [1.807, 2.05) is 0 Å². The van der Waals surface area contributed by atoms with Crippen LogP contribution in [0.25, 0.3) is 0 Å². The topological polar surface area (TPSA) is 113 Å². The predicted molar refractivity (Wildman–Crippen MR) is 96.9 cm³/mol. The number of amides is 1. The molecule has 2 rings (SSSR count). The van der Waals surface area contributed by atoms with Crippen molar-refractivity contribution in [3.63, 3.8) is 0 Å². The summed E-state index contributed by atoms with van der Waals surface area (Å²) in [6.07, 6.45) is 3.74. The first kappa shape index (κ1) is 23.9. The van der Waals surface area contributed by atoms with Gasteiger partial charge in [-0.05, 0) is 55.4 Å². The number of anilines is 1. The summed E-state index contributed by atoms with van der Waals surface area (Å²) in [5.74, 6) is -1.09. The van der Waals surface area contributed by atoms with Gasteiger partial charge >= 0.3 is 35.5 Å². The van der Waals surface area contributed by atoms with Crippen LogP contribution < -0.4 is 34.9 Å². The van der Waals surface area contributed by atoms with Crippen LogP contribution in [0.2, 0.25) is 0 Å². The maximum Gasteiger partial charge on any atom is 1.00 e. The second-order valence-corrected chi connectivity index (χ2v) is 10.0. The number of hydrogen-bond donors (Lipinski definition) is 1. The van der Waals surface area contributed by atoms with Crippen LogP contribution >= 0.6 is 22.1 Å². The number of rotatable bonds is 7. The predicted octanol–water partition coefficient (Wildman–Crippen LogP) is -0.282. The van der Waals surface area contributed by atoms with E-state index in [1.165, 1.54) is 11.3 Å². The van der Waals surface area contributed by atoms with Gasteiger partial charge in [-0.1, -0.05) is 6.92 Å². The third kappa shape index (κ3) is 6.22. The third-order valence-corrected chi connectivity index (χ3v) is 7.41. The van der Waals surface area contributed by atoms with Gasteiger partial charge in [0.2, 0.25) is 5.91 Å². The molecular formula is C15H20NNaO6S3. The molecule has 140 valence electrons. The van der Waals surface area contributed by atoms with E-state index >= 15 is 0 Å². The summed E-state index contributed by atoms with van der Waals surface area (Å²) in [5, 5.41) is 1.98. The van der Waals surface area contributed by atoms with Crippen LogP contribution in [0.4, 0.5) is 5.00 Å². The van der Waals surface area contributed by atoms with Crippen LogP contribution in [-0.2, 0) is 31.5 Å². The molecule has 1 aliphatic carbocycles. The number of aryl methyl sites for hydroxylation is 1. The van der Waals surface area contributed by atoms with Gasteiger partial charge in [0.25, 0.3) is 0 Å². The maximum absolute atomic E-state index is 12.4. The van der Waals surface area contributed by atoms with Crippen LogP contribution in [0.1, 0.15) is 53.9 Å². The molecule has 1 aromatic rings. The smallest absolute Gasteiger partial charge is 0.739 e. The molecule has 7 nitrogen and oxygen atoms in total. The van der Waals surface area contributed by atoms with Crippen molar-refractivity contribution in [2.75, 3.05) is 11.9 Å². The number of esters is 1. The third-order valence-electron chi connectivity index (χ3n) is 3.78. The van der Waals surface area contributed by atoms with Gasteiger partial charge in [0.15, 0.2) is 0 Å². The van der Waals surface area contributed by atoms with E-state index in [2.05, 4.69) is 5.32 Å². The van der Waals surface area contributed by atoms with Crippen LogP contribution in [-0.4, -0.2) is 36.7 Å². The monoisotopic (exact) mass is 429 g/mol. The molecule has 0 bridgehead atoms. The molecule has 1 aromatic heterocycles. The fourth-order valence-electron chi connectivity index (χ4n) is 2.70. The minimum Gasteiger partial charge on any atom is -0.739 e. The average molecular weight is 430 g/mol. The molecule has 0 aliphatic heterocycles. The van der Waals surface area contributed by atoms with Gasteiger partial charge in [-0.25, -0.2) is 13.2 Å². The molecule has 0 spiro atoms. The zero-order valence-corrected chi connectivity index (χ0v) is 19.4. The maximum atomic E-state index is 12.4. The summed E-state index contributed by atoms with van der Waals surface area (Å²) in [6.45, 7) is 3.55. The molecule has 11 heteroatoms. The van der Waals surface area contributed by atoms with Crippen LogP contribution in [0.5, 0.6) is 0 Å². The molecular weight excluding hydrogens is 409 g/mol. The number of nitrogens with one attached hydrogen (secondary N) is 1. The zero-order valence-electron chi connectivity index (χ0n) is 15.0. The largest absolute Gasteiger partial charge is 1.00 e. The molecule has 0 radical (unpaired) electrons. The van der Waals surface area contributed by atoms with Gasteiger partial charge < -0.3 is 14.6 Å². The van der Waals surface area contributed by atoms with Gasteiger partial charge in [0.1, 0.15) is 14.2 Å². The summed E-state index contributed by atoms with van der Waals surface area (Å²) in [4.78, 5) is 25.8. The molecule has 1 amide bonds. The standard InChI is InChI=1S/C15H21NO6S3.Na/c1-3-10(24-25(19,20)21)13(17)16-14-12(15(18)22-4-2)9-7-5-6-8-11(9)23-14;/h10H,3-8H2,1-2H3,(H,16,17)(H,19,20,21);/q;+1/p-1. The number of hydrogen-bond acceptors (Lipinski definition) is 8. The molecule has 1 heterocycles. The van der Waals surface area contributed by atoms with Crippen molar-refractivity contribution in [2.24, 2.45) is 0 Å². The minimum absolute atomic E-state index is 0. The van der Waals surface area contributed by atoms with E-state index < -0.39 is 26.3 Å². The molecule has 0 saturated heterocycles. The van der Waals surface area contributed by atoms with E-state index in [4.69, 9.17) is 4.74 Å². The van der Waals surface area contributed by atoms with E-state index in [0.29, 0.717) is 10.6 Å². The summed E-state index contributed by atoms with van der Waals surface area (Å²) < 4.78 is 37.9. The quantitative estimate of drug-likeness (QED) is 0.274.